The van der Waals surface area contributed by atoms with Gasteiger partial charge in [0.1, 0.15) is 0 Å². The second-order valence-electron chi connectivity index (χ2n) is 13.2. The van der Waals surface area contributed by atoms with Crippen molar-refractivity contribution in [3.05, 3.63) is 154 Å². The Labute approximate surface area is 309 Å². The molecule has 2 amide bonds. The lowest BCUT2D eigenvalue weighted by atomic mass is 9.83. The first-order valence-corrected chi connectivity index (χ1v) is 18.0. The van der Waals surface area contributed by atoms with Crippen LogP contribution in [-0.4, -0.2) is 48.6 Å². The van der Waals surface area contributed by atoms with E-state index in [1.165, 1.54) is 0 Å². The van der Waals surface area contributed by atoms with Crippen LogP contribution >= 0.6 is 15.9 Å². The number of carbonyl (C=O) groups is 2. The van der Waals surface area contributed by atoms with Crippen LogP contribution in [0.15, 0.2) is 126 Å². The minimum atomic E-state index is -1.77. The Kier molecular flexibility index (Phi) is 10.2. The number of fused-ring (bicyclic) bond motifs is 2. The first kappa shape index (κ1) is 35.1. The Morgan fingerprint density at radius 2 is 1.81 bits per heavy atom. The monoisotopic (exact) mass is 758 g/mol. The topological polar surface area (TPSA) is 136 Å². The molecule has 11 heteroatoms. The van der Waals surface area contributed by atoms with Crippen LogP contribution < -0.4 is 10.2 Å². The molecule has 4 aromatic carbocycles. The van der Waals surface area contributed by atoms with E-state index in [9.17, 15) is 19.8 Å². The van der Waals surface area contributed by atoms with Gasteiger partial charge < -0.3 is 25.4 Å². The van der Waals surface area contributed by atoms with Crippen molar-refractivity contribution < 1.29 is 19.8 Å². The maximum absolute atomic E-state index is 14.1. The molecular formula is C41H39BrN6O4. The Morgan fingerprint density at radius 3 is 2.60 bits per heavy atom. The van der Waals surface area contributed by atoms with Gasteiger partial charge in [-0.3, -0.25) is 14.3 Å². The molecule has 0 bridgehead atoms. The number of aliphatic hydroxyl groups excluding tert-OH is 1. The number of aliphatic hydroxyl groups is 2. The number of carbonyl (C=O) groups excluding carboxylic acids is 2. The molecule has 0 saturated carbocycles. The number of benzene rings is 4. The van der Waals surface area contributed by atoms with Crippen molar-refractivity contribution in [2.24, 2.45) is 5.92 Å². The number of nitrogens with zero attached hydrogens (tertiary/aromatic N) is 4. The minimum absolute atomic E-state index is 0.0715. The second kappa shape index (κ2) is 15.1. The summed E-state index contributed by atoms with van der Waals surface area (Å²) in [5.74, 6) is -1.30. The summed E-state index contributed by atoms with van der Waals surface area (Å²) >= 11 is 3.53. The molecule has 4 N–H and O–H groups in total. The summed E-state index contributed by atoms with van der Waals surface area (Å²) in [4.78, 5) is 31.8. The average molecular weight is 760 g/mol. The number of aryl methyl sites for hydroxylation is 1. The first-order valence-electron chi connectivity index (χ1n) is 17.2. The third-order valence-corrected chi connectivity index (χ3v) is 10.2. The fraction of sp³-hybridized carbons (Fsp3) is 0.220. The van der Waals surface area contributed by atoms with E-state index < -0.39 is 17.4 Å². The minimum Gasteiger partial charge on any atom is -0.395 e. The third kappa shape index (κ3) is 7.07. The Bertz CT molecular complexity index is 2230. The smallest absolute Gasteiger partial charge is 0.264 e. The predicted octanol–water partition coefficient (Wildman–Crippen LogP) is 6.84. The number of allylic oxidation sites excluding steroid dienone is 1. The van der Waals surface area contributed by atoms with Crippen molar-refractivity contribution in [1.82, 2.24) is 20.0 Å². The summed E-state index contributed by atoms with van der Waals surface area (Å²) in [7, 11) is 0. The molecule has 3 atom stereocenters. The number of amides is 2. The maximum atomic E-state index is 14.1. The Hall–Kier alpha value is -5.36. The maximum Gasteiger partial charge on any atom is 0.264 e. The van der Waals surface area contributed by atoms with E-state index in [0.29, 0.717) is 35.6 Å². The molecule has 1 unspecified atom stereocenters. The molecule has 1 aliphatic rings. The fourth-order valence-electron chi connectivity index (χ4n) is 6.89. The van der Waals surface area contributed by atoms with Crippen molar-refractivity contribution in [3.63, 3.8) is 0 Å². The standard InChI is InChI=1S/C41H39BrN6O4/c1-27(9-7-8-20-47-25-37(45-46-47)34(26-49)29-10-3-2-4-11-29)41(52)35-22-31(42)16-19-38(35)48(40(41)51)24-28-14-17-32(18-15-28)44-39(50)21-30-23-43-36-13-6-5-12-33(30)36/h2-7,9-19,22-23,25,27,34,43,49,52H,8,20-21,24,26H2,1H3,(H,44,50)/b9-7+/t27-,34?,41+/m0/s1. The molecule has 0 spiro atoms. The number of halogens is 1. The van der Waals surface area contributed by atoms with Crippen molar-refractivity contribution in [2.75, 3.05) is 16.8 Å². The molecule has 3 heterocycles. The van der Waals surface area contributed by atoms with E-state index in [4.69, 9.17) is 0 Å². The molecule has 0 saturated heterocycles. The van der Waals surface area contributed by atoms with Gasteiger partial charge in [0.15, 0.2) is 5.60 Å². The van der Waals surface area contributed by atoms with Crippen LogP contribution in [-0.2, 0) is 34.7 Å². The summed E-state index contributed by atoms with van der Waals surface area (Å²) in [6, 6.07) is 30.5. The Balaban J connectivity index is 0.993. The van der Waals surface area contributed by atoms with Gasteiger partial charge in [0.2, 0.25) is 5.91 Å². The predicted molar refractivity (Wildman–Crippen MR) is 205 cm³/mol. The van der Waals surface area contributed by atoms with Gasteiger partial charge in [-0.05, 0) is 59.5 Å². The van der Waals surface area contributed by atoms with E-state index in [2.05, 4.69) is 36.5 Å². The summed E-state index contributed by atoms with van der Waals surface area (Å²) in [5, 5.41) is 34.7. The van der Waals surface area contributed by atoms with Gasteiger partial charge >= 0.3 is 0 Å². The highest BCUT2D eigenvalue weighted by molar-refractivity contribution is 9.10. The van der Waals surface area contributed by atoms with Crippen LogP contribution in [0, 0.1) is 5.92 Å². The number of hydrogen-bond acceptors (Lipinski definition) is 6. The summed E-state index contributed by atoms with van der Waals surface area (Å²) in [6.45, 7) is 2.57. The third-order valence-electron chi connectivity index (χ3n) is 9.74. The average Bonchev–Trinajstić information content (AvgIpc) is 3.85. The van der Waals surface area contributed by atoms with Crippen molar-refractivity contribution in [3.8, 4) is 0 Å². The molecule has 2 aromatic heterocycles. The van der Waals surface area contributed by atoms with Gasteiger partial charge in [-0.2, -0.15) is 0 Å². The molecule has 7 rings (SSSR count). The normalized spacial score (nSPS) is 16.8. The van der Waals surface area contributed by atoms with E-state index in [0.717, 1.165) is 32.1 Å². The largest absolute Gasteiger partial charge is 0.395 e. The number of aromatic amines is 1. The van der Waals surface area contributed by atoms with Crippen LogP contribution in [0.3, 0.4) is 0 Å². The van der Waals surface area contributed by atoms with Gasteiger partial charge in [-0.15, -0.1) is 5.10 Å². The van der Waals surface area contributed by atoms with Gasteiger partial charge in [0.25, 0.3) is 5.91 Å². The van der Waals surface area contributed by atoms with E-state index in [1.54, 1.807) is 9.58 Å². The highest BCUT2D eigenvalue weighted by atomic mass is 79.9. The fourth-order valence-corrected chi connectivity index (χ4v) is 7.25. The van der Waals surface area contributed by atoms with Crippen molar-refractivity contribution in [1.29, 1.82) is 0 Å². The van der Waals surface area contributed by atoms with Crippen LogP contribution in [0.1, 0.15) is 47.2 Å². The number of para-hydroxylation sites is 1. The lowest BCUT2D eigenvalue weighted by Crippen LogP contribution is -2.44. The van der Waals surface area contributed by atoms with Crippen LogP contribution in [0.4, 0.5) is 11.4 Å². The number of aromatic nitrogens is 4. The molecule has 0 aliphatic carbocycles. The number of hydrogen-bond donors (Lipinski definition) is 4. The number of nitrogens with one attached hydrogen (secondary N) is 2. The molecule has 0 fully saturated rings. The lowest BCUT2D eigenvalue weighted by Gasteiger charge is -2.27. The first-order chi connectivity index (χ1) is 25.2. The quantitative estimate of drug-likeness (QED) is 0.0953. The van der Waals surface area contributed by atoms with Gasteiger partial charge in [-0.25, -0.2) is 0 Å². The van der Waals surface area contributed by atoms with E-state index in [-0.39, 0.29) is 31.4 Å². The SMILES string of the molecule is C[C@@H](/C=C/CCn1cc(C(CO)c2ccccc2)nn1)[C@]1(O)C(=O)N(Cc2ccc(NC(=O)Cc3c[nH]c4ccccc34)cc2)c2ccc(Br)cc21. The molecule has 0 radical (unpaired) electrons. The van der Waals surface area contributed by atoms with Gasteiger partial charge in [-0.1, -0.05) is 101 Å². The Morgan fingerprint density at radius 1 is 1.04 bits per heavy atom. The second-order valence-corrected chi connectivity index (χ2v) is 14.1. The van der Waals surface area contributed by atoms with Crippen LogP contribution in [0.5, 0.6) is 0 Å². The molecule has 52 heavy (non-hydrogen) atoms. The zero-order chi connectivity index (χ0) is 36.2. The molecule has 10 nitrogen and oxygen atoms in total. The molecule has 6 aromatic rings. The lowest BCUT2D eigenvalue weighted by molar-refractivity contribution is -0.139. The summed E-state index contributed by atoms with van der Waals surface area (Å²) < 4.78 is 2.50. The number of H-pyrrole nitrogens is 1. The van der Waals surface area contributed by atoms with Gasteiger partial charge in [0.05, 0.1) is 36.9 Å². The molecular weight excluding hydrogens is 720 g/mol. The van der Waals surface area contributed by atoms with Gasteiger partial charge in [0, 0.05) is 51.5 Å². The van der Waals surface area contributed by atoms with Crippen LogP contribution in [0.25, 0.3) is 10.9 Å². The zero-order valence-corrected chi connectivity index (χ0v) is 30.2. The highest BCUT2D eigenvalue weighted by Gasteiger charge is 2.52. The molecule has 1 aliphatic heterocycles. The number of anilines is 2. The van der Waals surface area contributed by atoms with Crippen molar-refractivity contribution in [2.45, 2.75) is 44.4 Å². The summed E-state index contributed by atoms with van der Waals surface area (Å²) in [5.41, 5.74) is 4.53. The zero-order valence-electron chi connectivity index (χ0n) is 28.6. The number of rotatable bonds is 13. The van der Waals surface area contributed by atoms with E-state index in [1.807, 2.05) is 129 Å². The highest BCUT2D eigenvalue weighted by Crippen LogP contribution is 2.46. The summed E-state index contributed by atoms with van der Waals surface area (Å²) in [6.07, 6.45) is 8.38. The van der Waals surface area contributed by atoms with Crippen molar-refractivity contribution >= 4 is 50.0 Å². The van der Waals surface area contributed by atoms with E-state index >= 15 is 0 Å². The molecule has 264 valence electrons. The van der Waals surface area contributed by atoms with Crippen LogP contribution in [0.2, 0.25) is 0 Å².